The third-order valence-corrected chi connectivity index (χ3v) is 6.14. The maximum absolute atomic E-state index is 14.9. The van der Waals surface area contributed by atoms with E-state index < -0.39 is 11.4 Å². The lowest BCUT2D eigenvalue weighted by Crippen LogP contribution is -2.49. The number of piperazine rings is 1. The van der Waals surface area contributed by atoms with Gasteiger partial charge in [0.1, 0.15) is 12.5 Å². The zero-order valence-electron chi connectivity index (χ0n) is 18.4. The van der Waals surface area contributed by atoms with Crippen LogP contribution in [0.3, 0.4) is 0 Å². The molecule has 34 heavy (non-hydrogen) atoms. The standard InChI is InChI=1S/C22H23FN6O4S/c1-15(30)26-14-29-12-17(21(32)33-29)16-3-4-19(18(23)11-16)27-7-9-28(10-8-27)20(31)13-34-22-24-5-2-6-25-22/h2-6,11-12H,7-10,13-14H2,1H3,(H,26,30). The van der Waals surface area contributed by atoms with Crippen molar-refractivity contribution >= 4 is 29.3 Å². The molecule has 1 fully saturated rings. The van der Waals surface area contributed by atoms with E-state index in [4.69, 9.17) is 4.52 Å². The van der Waals surface area contributed by atoms with Crippen LogP contribution < -0.4 is 15.8 Å². The molecule has 3 heterocycles. The van der Waals surface area contributed by atoms with Crippen molar-refractivity contribution in [2.75, 3.05) is 36.8 Å². The van der Waals surface area contributed by atoms with Crippen LogP contribution in [0, 0.1) is 5.82 Å². The van der Waals surface area contributed by atoms with Crippen LogP contribution >= 0.6 is 11.8 Å². The minimum absolute atomic E-state index is 0.00498. The highest BCUT2D eigenvalue weighted by molar-refractivity contribution is 7.99. The lowest BCUT2D eigenvalue weighted by Gasteiger charge is -2.36. The van der Waals surface area contributed by atoms with E-state index in [1.54, 1.807) is 35.5 Å². The van der Waals surface area contributed by atoms with E-state index in [9.17, 15) is 18.8 Å². The number of nitrogens with zero attached hydrogens (tertiary/aromatic N) is 5. The fourth-order valence-corrected chi connectivity index (χ4v) is 4.25. The van der Waals surface area contributed by atoms with Gasteiger partial charge in [0.25, 0.3) is 0 Å². The first-order valence-electron chi connectivity index (χ1n) is 10.6. The number of aromatic nitrogens is 3. The number of hydrogen-bond donors (Lipinski definition) is 1. The predicted molar refractivity (Wildman–Crippen MR) is 124 cm³/mol. The zero-order chi connectivity index (χ0) is 24.1. The van der Waals surface area contributed by atoms with E-state index in [2.05, 4.69) is 15.3 Å². The van der Waals surface area contributed by atoms with Gasteiger partial charge in [0.05, 0.1) is 23.2 Å². The Kier molecular flexibility index (Phi) is 7.26. The summed E-state index contributed by atoms with van der Waals surface area (Å²) in [5, 5.41) is 3.07. The number of nitrogens with one attached hydrogen (secondary N) is 1. The Hall–Kier alpha value is -3.67. The van der Waals surface area contributed by atoms with Crippen LogP contribution in [-0.2, 0) is 16.3 Å². The highest BCUT2D eigenvalue weighted by Gasteiger charge is 2.23. The van der Waals surface area contributed by atoms with Crippen molar-refractivity contribution in [3.63, 3.8) is 0 Å². The third kappa shape index (κ3) is 5.63. The summed E-state index contributed by atoms with van der Waals surface area (Å²) in [5.74, 6) is -0.498. The van der Waals surface area contributed by atoms with Crippen molar-refractivity contribution in [2.24, 2.45) is 0 Å². The molecule has 0 bridgehead atoms. The summed E-state index contributed by atoms with van der Waals surface area (Å²) in [6, 6.07) is 6.28. The SMILES string of the molecule is CC(=O)NCn1cc(-c2ccc(N3CCN(C(=O)CSc4ncccn4)CC3)c(F)c2)c(=O)o1. The molecular weight excluding hydrogens is 463 g/mol. The smallest absolute Gasteiger partial charge is 0.365 e. The molecule has 0 atom stereocenters. The lowest BCUT2D eigenvalue weighted by atomic mass is 10.1. The van der Waals surface area contributed by atoms with Crippen LogP contribution in [0.1, 0.15) is 6.92 Å². The van der Waals surface area contributed by atoms with Gasteiger partial charge in [0.15, 0.2) is 5.16 Å². The Morgan fingerprint density at radius 2 is 1.91 bits per heavy atom. The van der Waals surface area contributed by atoms with Crippen LogP contribution in [0.15, 0.2) is 57.3 Å². The summed E-state index contributed by atoms with van der Waals surface area (Å²) >= 11 is 1.29. The highest BCUT2D eigenvalue weighted by atomic mass is 32.2. The van der Waals surface area contributed by atoms with Gasteiger partial charge in [-0.25, -0.2) is 19.2 Å². The molecule has 1 aromatic carbocycles. The number of amides is 2. The van der Waals surface area contributed by atoms with E-state index in [0.29, 0.717) is 42.6 Å². The summed E-state index contributed by atoms with van der Waals surface area (Å²) < 4.78 is 21.2. The first kappa shape index (κ1) is 23.5. The molecule has 3 aromatic rings. The summed E-state index contributed by atoms with van der Waals surface area (Å²) in [7, 11) is 0. The molecule has 12 heteroatoms. The van der Waals surface area contributed by atoms with Gasteiger partial charge in [0, 0.05) is 45.5 Å². The molecule has 178 valence electrons. The number of hydrogen-bond acceptors (Lipinski definition) is 8. The monoisotopic (exact) mass is 486 g/mol. The molecular formula is C22H23FN6O4S. The van der Waals surface area contributed by atoms with Crippen molar-refractivity contribution in [3.8, 4) is 11.1 Å². The molecule has 0 saturated carbocycles. The van der Waals surface area contributed by atoms with Crippen LogP contribution in [0.25, 0.3) is 11.1 Å². The van der Waals surface area contributed by atoms with Gasteiger partial charge in [-0.05, 0) is 23.8 Å². The van der Waals surface area contributed by atoms with Gasteiger partial charge in [-0.2, -0.15) is 4.74 Å². The maximum atomic E-state index is 14.9. The van der Waals surface area contributed by atoms with Crippen LogP contribution in [0.2, 0.25) is 0 Å². The highest BCUT2D eigenvalue weighted by Crippen LogP contribution is 2.26. The predicted octanol–water partition coefficient (Wildman–Crippen LogP) is 1.57. The molecule has 0 spiro atoms. The average molecular weight is 487 g/mol. The lowest BCUT2D eigenvalue weighted by molar-refractivity contribution is -0.128. The Morgan fingerprint density at radius 1 is 1.18 bits per heavy atom. The number of rotatable bonds is 7. The summed E-state index contributed by atoms with van der Waals surface area (Å²) in [6.07, 6.45) is 4.69. The van der Waals surface area contributed by atoms with E-state index in [-0.39, 0.29) is 29.8 Å². The molecule has 0 unspecified atom stereocenters. The summed E-state index contributed by atoms with van der Waals surface area (Å²) in [4.78, 5) is 47.5. The molecule has 1 aliphatic heterocycles. The largest absolute Gasteiger partial charge is 0.366 e. The maximum Gasteiger partial charge on any atom is 0.365 e. The van der Waals surface area contributed by atoms with E-state index in [0.717, 1.165) is 0 Å². The minimum atomic E-state index is -0.622. The number of carbonyl (C=O) groups is 2. The van der Waals surface area contributed by atoms with Crippen molar-refractivity contribution in [1.82, 2.24) is 24.9 Å². The first-order chi connectivity index (χ1) is 16.4. The number of anilines is 1. The minimum Gasteiger partial charge on any atom is -0.366 e. The van der Waals surface area contributed by atoms with Gasteiger partial charge >= 0.3 is 5.63 Å². The first-order valence-corrected chi connectivity index (χ1v) is 11.6. The average Bonchev–Trinajstić information content (AvgIpc) is 3.22. The van der Waals surface area contributed by atoms with Crippen LogP contribution in [-0.4, -0.2) is 63.4 Å². The summed E-state index contributed by atoms with van der Waals surface area (Å²) in [5.41, 5.74) is 0.366. The van der Waals surface area contributed by atoms with Crippen molar-refractivity contribution < 1.29 is 18.5 Å². The molecule has 2 amide bonds. The number of benzene rings is 1. The number of carbonyl (C=O) groups excluding carboxylic acids is 2. The van der Waals surface area contributed by atoms with Crippen LogP contribution in [0.5, 0.6) is 0 Å². The van der Waals surface area contributed by atoms with Gasteiger partial charge < -0.3 is 19.6 Å². The topological polar surface area (TPSA) is 114 Å². The Morgan fingerprint density at radius 3 is 2.59 bits per heavy atom. The van der Waals surface area contributed by atoms with Gasteiger partial charge in [-0.3, -0.25) is 9.59 Å². The second kappa shape index (κ2) is 10.5. The van der Waals surface area contributed by atoms with Gasteiger partial charge in [0.2, 0.25) is 11.8 Å². The van der Waals surface area contributed by atoms with E-state index in [1.807, 2.05) is 4.90 Å². The molecule has 0 aliphatic carbocycles. The Balaban J connectivity index is 1.35. The van der Waals surface area contributed by atoms with Crippen molar-refractivity contribution in [2.45, 2.75) is 18.7 Å². The Labute approximate surface area is 198 Å². The zero-order valence-corrected chi connectivity index (χ0v) is 19.3. The molecule has 0 radical (unpaired) electrons. The van der Waals surface area contributed by atoms with Gasteiger partial charge in [-0.1, -0.05) is 17.8 Å². The number of thioether (sulfide) groups is 1. The quantitative estimate of drug-likeness (QED) is 0.396. The van der Waals surface area contributed by atoms with Gasteiger partial charge in [-0.15, -0.1) is 0 Å². The molecule has 2 aromatic heterocycles. The van der Waals surface area contributed by atoms with Crippen molar-refractivity contribution in [3.05, 3.63) is 59.1 Å². The molecule has 4 rings (SSSR count). The second-order valence-electron chi connectivity index (χ2n) is 7.58. The second-order valence-corrected chi connectivity index (χ2v) is 8.53. The number of halogens is 1. The summed E-state index contributed by atoms with van der Waals surface area (Å²) in [6.45, 7) is 3.29. The fourth-order valence-electron chi connectivity index (χ4n) is 3.54. The third-order valence-electron chi connectivity index (χ3n) is 5.28. The molecule has 1 N–H and O–H groups in total. The normalized spacial score (nSPS) is 13.7. The van der Waals surface area contributed by atoms with Crippen molar-refractivity contribution in [1.29, 1.82) is 0 Å². The van der Waals surface area contributed by atoms with E-state index in [1.165, 1.54) is 35.7 Å². The molecule has 10 nitrogen and oxygen atoms in total. The molecule has 1 saturated heterocycles. The van der Waals surface area contributed by atoms with E-state index >= 15 is 0 Å². The Bertz CT molecular complexity index is 1220. The fraction of sp³-hybridized carbons (Fsp3) is 0.318. The molecule has 1 aliphatic rings. The van der Waals surface area contributed by atoms with Crippen LogP contribution in [0.4, 0.5) is 10.1 Å².